The highest BCUT2D eigenvalue weighted by Gasteiger charge is 2.32. The van der Waals surface area contributed by atoms with Crippen LogP contribution < -0.4 is 4.90 Å². The van der Waals surface area contributed by atoms with Crippen LogP contribution in [0.25, 0.3) is 22.3 Å². The van der Waals surface area contributed by atoms with Crippen molar-refractivity contribution in [3.63, 3.8) is 0 Å². The molecular weight excluding hydrogens is 353 g/mol. The minimum Gasteiger partial charge on any atom is -0.507 e. The highest BCUT2D eigenvalue weighted by molar-refractivity contribution is 5.91. The Balaban J connectivity index is 1.62. The highest BCUT2D eigenvalue weighted by Crippen LogP contribution is 2.39. The van der Waals surface area contributed by atoms with Gasteiger partial charge in [-0.1, -0.05) is 31.4 Å². The number of aromatic nitrogens is 2. The van der Waals surface area contributed by atoms with E-state index >= 15 is 0 Å². The van der Waals surface area contributed by atoms with E-state index in [1.807, 2.05) is 12.1 Å². The lowest BCUT2D eigenvalue weighted by molar-refractivity contribution is 0.202. The standard InChI is InChI=1S/C23H24FN3O/c24-17-9-10-20-19(13-17)23(26-22(25-20)18-7-3-4-8-21(18)28)27-12-11-15-5-1-2-6-16(15)14-27/h3-4,7-10,13,15-16,28H,1-2,5-6,11-12,14H2/t15-,16+/m0/s1. The summed E-state index contributed by atoms with van der Waals surface area (Å²) in [5, 5.41) is 11.0. The van der Waals surface area contributed by atoms with Crippen LogP contribution in [0.2, 0.25) is 0 Å². The minimum absolute atomic E-state index is 0.154. The first kappa shape index (κ1) is 17.4. The molecule has 1 aromatic heterocycles. The van der Waals surface area contributed by atoms with E-state index in [2.05, 4.69) is 9.88 Å². The topological polar surface area (TPSA) is 49.3 Å². The summed E-state index contributed by atoms with van der Waals surface area (Å²) in [7, 11) is 0. The summed E-state index contributed by atoms with van der Waals surface area (Å²) in [4.78, 5) is 11.7. The molecule has 2 aliphatic rings. The van der Waals surface area contributed by atoms with Crippen LogP contribution in [0.5, 0.6) is 5.75 Å². The fraction of sp³-hybridized carbons (Fsp3) is 0.391. The number of halogens is 1. The number of benzene rings is 2. The van der Waals surface area contributed by atoms with Gasteiger partial charge in [-0.3, -0.25) is 0 Å². The molecule has 0 spiro atoms. The van der Waals surface area contributed by atoms with E-state index in [0.29, 0.717) is 22.8 Å². The molecule has 2 fully saturated rings. The molecule has 5 rings (SSSR count). The lowest BCUT2D eigenvalue weighted by Crippen LogP contribution is -2.42. The Hall–Kier alpha value is -2.69. The van der Waals surface area contributed by atoms with Crippen LogP contribution in [-0.4, -0.2) is 28.2 Å². The largest absolute Gasteiger partial charge is 0.507 e. The number of anilines is 1. The molecule has 1 saturated carbocycles. The number of phenols is 1. The zero-order valence-electron chi connectivity index (χ0n) is 15.8. The van der Waals surface area contributed by atoms with Gasteiger partial charge in [0.15, 0.2) is 5.82 Å². The first-order chi connectivity index (χ1) is 13.7. The van der Waals surface area contributed by atoms with Gasteiger partial charge in [-0.15, -0.1) is 0 Å². The molecule has 1 aliphatic heterocycles. The smallest absolute Gasteiger partial charge is 0.165 e. The molecule has 1 N–H and O–H groups in total. The number of rotatable bonds is 2. The molecule has 1 saturated heterocycles. The van der Waals surface area contributed by atoms with Crippen molar-refractivity contribution in [3.8, 4) is 17.1 Å². The van der Waals surface area contributed by atoms with Crippen LogP contribution >= 0.6 is 0 Å². The van der Waals surface area contributed by atoms with Crippen molar-refractivity contribution in [2.45, 2.75) is 32.1 Å². The molecule has 0 bridgehead atoms. The summed E-state index contributed by atoms with van der Waals surface area (Å²) in [6.45, 7) is 1.90. The summed E-state index contributed by atoms with van der Waals surface area (Å²) >= 11 is 0. The zero-order chi connectivity index (χ0) is 19.1. The van der Waals surface area contributed by atoms with E-state index in [1.165, 1.54) is 37.8 Å². The van der Waals surface area contributed by atoms with Crippen molar-refractivity contribution in [2.24, 2.45) is 11.8 Å². The minimum atomic E-state index is -0.278. The van der Waals surface area contributed by atoms with Gasteiger partial charge in [-0.25, -0.2) is 14.4 Å². The lowest BCUT2D eigenvalue weighted by atomic mass is 9.75. The number of hydrogen-bond donors (Lipinski definition) is 1. The Morgan fingerprint density at radius 1 is 0.964 bits per heavy atom. The Kier molecular flexibility index (Phi) is 4.38. The number of piperidine rings is 1. The van der Waals surface area contributed by atoms with Crippen LogP contribution in [0.15, 0.2) is 42.5 Å². The Bertz CT molecular complexity index is 1020. The van der Waals surface area contributed by atoms with Gasteiger partial charge in [0.2, 0.25) is 0 Å². The van der Waals surface area contributed by atoms with E-state index in [1.54, 1.807) is 18.2 Å². The van der Waals surface area contributed by atoms with Crippen molar-refractivity contribution in [1.29, 1.82) is 0 Å². The van der Waals surface area contributed by atoms with Gasteiger partial charge in [-0.2, -0.15) is 0 Å². The molecular formula is C23H24FN3O. The van der Waals surface area contributed by atoms with Crippen molar-refractivity contribution < 1.29 is 9.50 Å². The maximum atomic E-state index is 14.0. The zero-order valence-corrected chi connectivity index (χ0v) is 15.8. The molecule has 0 radical (unpaired) electrons. The predicted molar refractivity (Wildman–Crippen MR) is 109 cm³/mol. The average molecular weight is 377 g/mol. The molecule has 3 aromatic rings. The van der Waals surface area contributed by atoms with Gasteiger partial charge in [0.25, 0.3) is 0 Å². The first-order valence-electron chi connectivity index (χ1n) is 10.2. The monoisotopic (exact) mass is 377 g/mol. The Morgan fingerprint density at radius 3 is 2.64 bits per heavy atom. The molecule has 144 valence electrons. The predicted octanol–water partition coefficient (Wildman–Crippen LogP) is 5.16. The number of para-hydroxylation sites is 1. The normalized spacial score (nSPS) is 22.2. The molecule has 2 atom stereocenters. The summed E-state index contributed by atoms with van der Waals surface area (Å²) < 4.78 is 14.0. The number of phenolic OH excluding ortho intramolecular Hbond substituents is 1. The lowest BCUT2D eigenvalue weighted by Gasteiger charge is -2.42. The van der Waals surface area contributed by atoms with Crippen LogP contribution in [0.3, 0.4) is 0 Å². The third-order valence-electron chi connectivity index (χ3n) is 6.37. The Labute approximate surface area is 164 Å². The molecule has 1 aliphatic carbocycles. The van der Waals surface area contributed by atoms with Gasteiger partial charge in [0.05, 0.1) is 11.1 Å². The van der Waals surface area contributed by atoms with Crippen molar-refractivity contribution in [3.05, 3.63) is 48.3 Å². The van der Waals surface area contributed by atoms with Crippen LogP contribution in [0.1, 0.15) is 32.1 Å². The summed E-state index contributed by atoms with van der Waals surface area (Å²) in [5.74, 6) is 2.65. The molecule has 4 nitrogen and oxygen atoms in total. The van der Waals surface area contributed by atoms with Crippen molar-refractivity contribution in [2.75, 3.05) is 18.0 Å². The van der Waals surface area contributed by atoms with Gasteiger partial charge < -0.3 is 10.0 Å². The summed E-state index contributed by atoms with van der Waals surface area (Å²) in [6.07, 6.45) is 6.42. The SMILES string of the molecule is Oc1ccccc1-c1nc(N2CC[C@@H]3CCCC[C@@H]3C2)c2cc(F)ccc2n1. The molecule has 5 heteroatoms. The van der Waals surface area contributed by atoms with E-state index in [4.69, 9.17) is 4.98 Å². The van der Waals surface area contributed by atoms with Crippen LogP contribution in [0, 0.1) is 17.7 Å². The van der Waals surface area contributed by atoms with E-state index in [-0.39, 0.29) is 11.6 Å². The number of aromatic hydroxyl groups is 1. The molecule has 0 unspecified atom stereocenters. The van der Waals surface area contributed by atoms with Gasteiger partial charge in [-0.05, 0) is 55.0 Å². The van der Waals surface area contributed by atoms with Crippen LogP contribution in [-0.2, 0) is 0 Å². The highest BCUT2D eigenvalue weighted by atomic mass is 19.1. The first-order valence-corrected chi connectivity index (χ1v) is 10.2. The second-order valence-corrected chi connectivity index (χ2v) is 8.09. The maximum absolute atomic E-state index is 14.0. The van der Waals surface area contributed by atoms with Crippen LogP contribution in [0.4, 0.5) is 10.2 Å². The quantitative estimate of drug-likeness (QED) is 0.670. The number of nitrogens with zero attached hydrogens (tertiary/aromatic N) is 3. The second kappa shape index (κ2) is 7.04. The third kappa shape index (κ3) is 3.09. The third-order valence-corrected chi connectivity index (χ3v) is 6.37. The molecule has 2 heterocycles. The number of fused-ring (bicyclic) bond motifs is 2. The van der Waals surface area contributed by atoms with Gasteiger partial charge in [0, 0.05) is 18.5 Å². The van der Waals surface area contributed by atoms with Crippen molar-refractivity contribution >= 4 is 16.7 Å². The fourth-order valence-electron chi connectivity index (χ4n) is 4.90. The average Bonchev–Trinajstić information content (AvgIpc) is 2.73. The fourth-order valence-corrected chi connectivity index (χ4v) is 4.90. The Morgan fingerprint density at radius 2 is 1.79 bits per heavy atom. The summed E-state index contributed by atoms with van der Waals surface area (Å²) in [6, 6.07) is 11.8. The van der Waals surface area contributed by atoms with E-state index < -0.39 is 0 Å². The van der Waals surface area contributed by atoms with Gasteiger partial charge >= 0.3 is 0 Å². The molecule has 28 heavy (non-hydrogen) atoms. The molecule has 2 aromatic carbocycles. The van der Waals surface area contributed by atoms with Crippen molar-refractivity contribution in [1.82, 2.24) is 9.97 Å². The van der Waals surface area contributed by atoms with Gasteiger partial charge in [0.1, 0.15) is 17.4 Å². The van der Waals surface area contributed by atoms with E-state index in [0.717, 1.165) is 36.6 Å². The summed E-state index contributed by atoms with van der Waals surface area (Å²) in [5.41, 5.74) is 1.30. The molecule has 0 amide bonds. The second-order valence-electron chi connectivity index (χ2n) is 8.09. The maximum Gasteiger partial charge on any atom is 0.165 e. The van der Waals surface area contributed by atoms with E-state index in [9.17, 15) is 9.50 Å². The number of hydrogen-bond acceptors (Lipinski definition) is 4.